The van der Waals surface area contributed by atoms with Crippen LogP contribution in [-0.2, 0) is 17.6 Å². The van der Waals surface area contributed by atoms with Crippen LogP contribution in [0.2, 0.25) is 0 Å². The number of benzene rings is 3. The Morgan fingerprint density at radius 3 is 2.56 bits per heavy atom. The normalized spacial score (nSPS) is 11.1. The Kier molecular flexibility index (Phi) is 5.57. The highest BCUT2D eigenvalue weighted by Crippen LogP contribution is 2.18. The molecule has 0 radical (unpaired) electrons. The van der Waals surface area contributed by atoms with E-state index in [-0.39, 0.29) is 12.3 Å². The predicted octanol–water partition coefficient (Wildman–Crippen LogP) is 4.27. The SMILES string of the molecule is COc1ccc(CC(=O)C/N=C/Cc2cccc3ccccc23)cc1. The predicted molar refractivity (Wildman–Crippen MR) is 103 cm³/mol. The monoisotopic (exact) mass is 331 g/mol. The van der Waals surface area contributed by atoms with Gasteiger partial charge in [-0.2, -0.15) is 0 Å². The van der Waals surface area contributed by atoms with E-state index in [0.717, 1.165) is 17.7 Å². The minimum absolute atomic E-state index is 0.110. The van der Waals surface area contributed by atoms with Crippen molar-refractivity contribution in [3.8, 4) is 5.75 Å². The van der Waals surface area contributed by atoms with Crippen molar-refractivity contribution >= 4 is 22.8 Å². The lowest BCUT2D eigenvalue weighted by Gasteiger charge is -2.03. The summed E-state index contributed by atoms with van der Waals surface area (Å²) >= 11 is 0. The summed E-state index contributed by atoms with van der Waals surface area (Å²) in [5, 5.41) is 2.46. The van der Waals surface area contributed by atoms with Gasteiger partial charge in [0.15, 0.2) is 5.78 Å². The van der Waals surface area contributed by atoms with Crippen LogP contribution >= 0.6 is 0 Å². The summed E-state index contributed by atoms with van der Waals surface area (Å²) in [4.78, 5) is 16.3. The van der Waals surface area contributed by atoms with Gasteiger partial charge in [0.2, 0.25) is 0 Å². The highest BCUT2D eigenvalue weighted by Gasteiger charge is 2.03. The van der Waals surface area contributed by atoms with Crippen LogP contribution in [-0.4, -0.2) is 25.7 Å². The molecule has 0 unspecified atom stereocenters. The molecule has 0 saturated heterocycles. The molecule has 0 spiro atoms. The average Bonchev–Trinajstić information content (AvgIpc) is 2.66. The van der Waals surface area contributed by atoms with Crippen molar-refractivity contribution in [1.29, 1.82) is 0 Å². The van der Waals surface area contributed by atoms with Gasteiger partial charge in [0.1, 0.15) is 5.75 Å². The first-order valence-electron chi connectivity index (χ1n) is 8.36. The molecule has 0 fully saturated rings. The quantitative estimate of drug-likeness (QED) is 0.606. The Morgan fingerprint density at radius 1 is 1.00 bits per heavy atom. The molecule has 0 saturated carbocycles. The number of Topliss-reactive ketones (excluding diaryl/α,β-unsaturated/α-hetero) is 1. The van der Waals surface area contributed by atoms with E-state index in [1.807, 2.05) is 42.6 Å². The van der Waals surface area contributed by atoms with Crippen LogP contribution < -0.4 is 4.74 Å². The van der Waals surface area contributed by atoms with Crippen LogP contribution in [0.5, 0.6) is 5.75 Å². The first kappa shape index (κ1) is 16.9. The van der Waals surface area contributed by atoms with Gasteiger partial charge in [0.05, 0.1) is 13.7 Å². The lowest BCUT2D eigenvalue weighted by molar-refractivity contribution is -0.117. The molecule has 0 aromatic heterocycles. The van der Waals surface area contributed by atoms with Crippen LogP contribution in [0.4, 0.5) is 0 Å². The molecule has 3 rings (SSSR count). The number of nitrogens with zero attached hydrogens (tertiary/aromatic N) is 1. The molecule has 3 aromatic carbocycles. The number of carbonyl (C=O) groups excluding carboxylic acids is 1. The van der Waals surface area contributed by atoms with E-state index in [1.54, 1.807) is 7.11 Å². The van der Waals surface area contributed by atoms with E-state index in [4.69, 9.17) is 4.74 Å². The number of ketones is 1. The zero-order valence-electron chi connectivity index (χ0n) is 14.3. The van der Waals surface area contributed by atoms with Crippen LogP contribution in [0.1, 0.15) is 11.1 Å². The Labute approximate surface area is 148 Å². The van der Waals surface area contributed by atoms with Gasteiger partial charge in [0, 0.05) is 19.1 Å². The van der Waals surface area contributed by atoms with Gasteiger partial charge in [-0.05, 0) is 34.0 Å². The topological polar surface area (TPSA) is 38.7 Å². The van der Waals surface area contributed by atoms with E-state index in [9.17, 15) is 4.79 Å². The van der Waals surface area contributed by atoms with Crippen molar-refractivity contribution < 1.29 is 9.53 Å². The maximum absolute atomic E-state index is 12.0. The Hall–Kier alpha value is -2.94. The maximum Gasteiger partial charge on any atom is 0.158 e. The van der Waals surface area contributed by atoms with E-state index >= 15 is 0 Å². The molecule has 126 valence electrons. The fourth-order valence-electron chi connectivity index (χ4n) is 2.83. The third kappa shape index (κ3) is 4.54. The van der Waals surface area contributed by atoms with Crippen LogP contribution in [0.15, 0.2) is 71.7 Å². The molecule has 0 aliphatic rings. The molecule has 0 aliphatic carbocycles. The standard InChI is InChI=1S/C22H21NO2/c1-25-21-11-9-17(10-12-21)15-20(24)16-23-14-13-19-7-4-6-18-5-2-3-8-22(18)19/h2-12,14H,13,15-16H2,1H3/b23-14+. The third-order valence-electron chi connectivity index (χ3n) is 4.15. The molecule has 3 nitrogen and oxygen atoms in total. The van der Waals surface area contributed by atoms with Crippen molar-refractivity contribution in [1.82, 2.24) is 0 Å². The molecule has 0 amide bonds. The summed E-state index contributed by atoms with van der Waals surface area (Å²) in [6.45, 7) is 0.219. The summed E-state index contributed by atoms with van der Waals surface area (Å²) in [5.41, 5.74) is 2.21. The number of hydrogen-bond donors (Lipinski definition) is 0. The second kappa shape index (κ2) is 8.25. The van der Waals surface area contributed by atoms with E-state index in [0.29, 0.717) is 6.42 Å². The van der Waals surface area contributed by atoms with Crippen LogP contribution in [0.25, 0.3) is 10.8 Å². The smallest absolute Gasteiger partial charge is 0.158 e. The van der Waals surface area contributed by atoms with Gasteiger partial charge in [-0.1, -0.05) is 54.6 Å². The molecular formula is C22H21NO2. The number of carbonyl (C=O) groups is 1. The fourth-order valence-corrected chi connectivity index (χ4v) is 2.83. The summed E-state index contributed by atoms with van der Waals surface area (Å²) in [6.07, 6.45) is 2.97. The molecule has 25 heavy (non-hydrogen) atoms. The summed E-state index contributed by atoms with van der Waals surface area (Å²) in [5.74, 6) is 0.906. The Balaban J connectivity index is 1.54. The number of fused-ring (bicyclic) bond motifs is 1. The molecular weight excluding hydrogens is 310 g/mol. The minimum Gasteiger partial charge on any atom is -0.497 e. The molecule has 0 bridgehead atoms. The summed E-state index contributed by atoms with van der Waals surface area (Å²) in [7, 11) is 1.63. The first-order valence-corrected chi connectivity index (χ1v) is 8.36. The molecule has 0 atom stereocenters. The van der Waals surface area contributed by atoms with Crippen LogP contribution in [0, 0.1) is 0 Å². The van der Waals surface area contributed by atoms with Crippen molar-refractivity contribution in [3.63, 3.8) is 0 Å². The van der Waals surface area contributed by atoms with Gasteiger partial charge in [-0.15, -0.1) is 0 Å². The second-order valence-electron chi connectivity index (χ2n) is 5.93. The minimum atomic E-state index is 0.110. The highest BCUT2D eigenvalue weighted by molar-refractivity contribution is 5.88. The lowest BCUT2D eigenvalue weighted by atomic mass is 10.0. The number of aliphatic imine (C=N–C) groups is 1. The van der Waals surface area contributed by atoms with Gasteiger partial charge >= 0.3 is 0 Å². The zero-order chi connectivity index (χ0) is 17.5. The number of ether oxygens (including phenoxy) is 1. The van der Waals surface area contributed by atoms with Crippen molar-refractivity contribution in [2.75, 3.05) is 13.7 Å². The largest absolute Gasteiger partial charge is 0.497 e. The summed E-state index contributed by atoms with van der Waals surface area (Å²) in [6, 6.07) is 22.1. The zero-order valence-corrected chi connectivity index (χ0v) is 14.3. The molecule has 3 aromatic rings. The lowest BCUT2D eigenvalue weighted by Crippen LogP contribution is -2.07. The van der Waals surface area contributed by atoms with Crippen molar-refractivity contribution in [2.45, 2.75) is 12.8 Å². The number of hydrogen-bond acceptors (Lipinski definition) is 3. The molecule has 0 aliphatic heterocycles. The third-order valence-corrected chi connectivity index (χ3v) is 4.15. The van der Waals surface area contributed by atoms with Crippen molar-refractivity contribution in [2.24, 2.45) is 4.99 Å². The van der Waals surface area contributed by atoms with Crippen LogP contribution in [0.3, 0.4) is 0 Å². The molecule has 0 N–H and O–H groups in total. The Bertz CT molecular complexity index is 877. The summed E-state index contributed by atoms with van der Waals surface area (Å²) < 4.78 is 5.12. The van der Waals surface area contributed by atoms with E-state index in [1.165, 1.54) is 16.3 Å². The van der Waals surface area contributed by atoms with Gasteiger partial charge in [-0.25, -0.2) is 0 Å². The fraction of sp³-hybridized carbons (Fsp3) is 0.182. The number of rotatable bonds is 7. The van der Waals surface area contributed by atoms with Crippen molar-refractivity contribution in [3.05, 3.63) is 77.9 Å². The second-order valence-corrected chi connectivity index (χ2v) is 5.93. The number of methoxy groups -OCH3 is 1. The van der Waals surface area contributed by atoms with Gasteiger partial charge in [-0.3, -0.25) is 9.79 Å². The maximum atomic E-state index is 12.0. The van der Waals surface area contributed by atoms with Gasteiger partial charge in [0.25, 0.3) is 0 Å². The van der Waals surface area contributed by atoms with E-state index in [2.05, 4.69) is 35.3 Å². The first-order chi connectivity index (χ1) is 12.3. The van der Waals surface area contributed by atoms with E-state index < -0.39 is 0 Å². The molecule has 0 heterocycles. The highest BCUT2D eigenvalue weighted by atomic mass is 16.5. The molecule has 3 heteroatoms. The average molecular weight is 331 g/mol. The Morgan fingerprint density at radius 2 is 1.76 bits per heavy atom. The van der Waals surface area contributed by atoms with Gasteiger partial charge < -0.3 is 4.74 Å².